The molecule has 0 saturated carbocycles. The molecule has 0 saturated heterocycles. The Balaban J connectivity index is 2.83. The van der Waals surface area contributed by atoms with E-state index in [0.717, 1.165) is 0 Å². The summed E-state index contributed by atoms with van der Waals surface area (Å²) >= 11 is 0. The van der Waals surface area contributed by atoms with Gasteiger partial charge in [-0.2, -0.15) is 0 Å². The standard InChI is InChI=1S/C11H15N3O3/c1-16-7-3-4-8(9(5-7)17-2)14-11(15)6-10(12)13/h3-5H,6H2,1-2H3,(H3,12,13)(H,14,15). The summed E-state index contributed by atoms with van der Waals surface area (Å²) in [6.45, 7) is 0. The highest BCUT2D eigenvalue weighted by molar-refractivity contribution is 6.04. The van der Waals surface area contributed by atoms with E-state index < -0.39 is 0 Å². The van der Waals surface area contributed by atoms with Gasteiger partial charge < -0.3 is 20.5 Å². The average molecular weight is 237 g/mol. The molecule has 1 amide bonds. The number of nitrogens with two attached hydrogens (primary N) is 1. The molecule has 0 aliphatic heterocycles. The van der Waals surface area contributed by atoms with Gasteiger partial charge in [0.15, 0.2) is 0 Å². The van der Waals surface area contributed by atoms with E-state index in [1.54, 1.807) is 25.3 Å². The summed E-state index contributed by atoms with van der Waals surface area (Å²) in [4.78, 5) is 11.4. The van der Waals surface area contributed by atoms with Gasteiger partial charge in [0.1, 0.15) is 17.3 Å². The van der Waals surface area contributed by atoms with Crippen LogP contribution < -0.4 is 20.5 Å². The van der Waals surface area contributed by atoms with Gasteiger partial charge in [0.25, 0.3) is 0 Å². The number of hydrogen-bond acceptors (Lipinski definition) is 4. The Morgan fingerprint density at radius 2 is 2.12 bits per heavy atom. The van der Waals surface area contributed by atoms with Crippen LogP contribution in [0.1, 0.15) is 6.42 Å². The minimum Gasteiger partial charge on any atom is -0.497 e. The molecule has 0 fully saturated rings. The fourth-order valence-corrected chi connectivity index (χ4v) is 1.27. The number of benzene rings is 1. The molecule has 1 aromatic rings. The number of methoxy groups -OCH3 is 2. The van der Waals surface area contributed by atoms with Crippen LogP contribution in [0.5, 0.6) is 11.5 Å². The molecule has 0 heterocycles. The molecule has 0 atom stereocenters. The molecule has 6 nitrogen and oxygen atoms in total. The van der Waals surface area contributed by atoms with Crippen LogP contribution in [0.2, 0.25) is 0 Å². The van der Waals surface area contributed by atoms with Crippen molar-refractivity contribution in [2.45, 2.75) is 6.42 Å². The third-order valence-corrected chi connectivity index (χ3v) is 2.03. The quantitative estimate of drug-likeness (QED) is 0.525. The van der Waals surface area contributed by atoms with E-state index >= 15 is 0 Å². The van der Waals surface area contributed by atoms with Crippen molar-refractivity contribution in [1.82, 2.24) is 0 Å². The van der Waals surface area contributed by atoms with E-state index in [2.05, 4.69) is 5.32 Å². The number of carbonyl (C=O) groups excluding carboxylic acids is 1. The normalized spacial score (nSPS) is 9.53. The monoisotopic (exact) mass is 237 g/mol. The zero-order valence-corrected chi connectivity index (χ0v) is 9.74. The van der Waals surface area contributed by atoms with Crippen molar-refractivity contribution >= 4 is 17.4 Å². The molecule has 0 radical (unpaired) electrons. The lowest BCUT2D eigenvalue weighted by atomic mass is 10.2. The largest absolute Gasteiger partial charge is 0.497 e. The molecule has 0 aromatic heterocycles. The molecule has 0 aliphatic rings. The average Bonchev–Trinajstić information content (AvgIpc) is 2.28. The number of nitrogens with one attached hydrogen (secondary N) is 2. The van der Waals surface area contributed by atoms with E-state index in [4.69, 9.17) is 20.6 Å². The highest BCUT2D eigenvalue weighted by atomic mass is 16.5. The van der Waals surface area contributed by atoms with Crippen LogP contribution in [0.4, 0.5) is 5.69 Å². The predicted octanol–water partition coefficient (Wildman–Crippen LogP) is 0.968. The maximum Gasteiger partial charge on any atom is 0.232 e. The summed E-state index contributed by atoms with van der Waals surface area (Å²) in [6, 6.07) is 5.02. The number of carbonyl (C=O) groups is 1. The highest BCUT2D eigenvalue weighted by Gasteiger charge is 2.09. The molecule has 0 bridgehead atoms. The van der Waals surface area contributed by atoms with Crippen molar-refractivity contribution in [1.29, 1.82) is 5.41 Å². The van der Waals surface area contributed by atoms with Gasteiger partial charge in [-0.25, -0.2) is 0 Å². The molecule has 4 N–H and O–H groups in total. The Hall–Kier alpha value is -2.24. The second-order valence-electron chi connectivity index (χ2n) is 3.32. The van der Waals surface area contributed by atoms with Crippen LogP contribution in [0, 0.1) is 5.41 Å². The Kier molecular flexibility index (Phi) is 4.33. The first-order chi connectivity index (χ1) is 8.06. The fourth-order valence-electron chi connectivity index (χ4n) is 1.27. The first-order valence-electron chi connectivity index (χ1n) is 4.91. The SMILES string of the molecule is COc1ccc(NC(=O)CC(=N)N)c(OC)c1. The Bertz CT molecular complexity index is 432. The zero-order valence-electron chi connectivity index (χ0n) is 9.74. The molecule has 1 aromatic carbocycles. The molecule has 92 valence electrons. The van der Waals surface area contributed by atoms with Crippen molar-refractivity contribution < 1.29 is 14.3 Å². The van der Waals surface area contributed by atoms with Gasteiger partial charge in [0, 0.05) is 6.07 Å². The molecule has 0 spiro atoms. The lowest BCUT2D eigenvalue weighted by Gasteiger charge is -2.11. The van der Waals surface area contributed by atoms with Gasteiger partial charge in [-0.3, -0.25) is 10.2 Å². The van der Waals surface area contributed by atoms with Gasteiger partial charge >= 0.3 is 0 Å². The third-order valence-electron chi connectivity index (χ3n) is 2.03. The topological polar surface area (TPSA) is 97.4 Å². The highest BCUT2D eigenvalue weighted by Crippen LogP contribution is 2.28. The van der Waals surface area contributed by atoms with Crippen molar-refractivity contribution in [3.8, 4) is 11.5 Å². The van der Waals surface area contributed by atoms with Crippen LogP contribution in [0.15, 0.2) is 18.2 Å². The number of hydrogen-bond donors (Lipinski definition) is 3. The van der Waals surface area contributed by atoms with Crippen LogP contribution in [0.25, 0.3) is 0 Å². The van der Waals surface area contributed by atoms with E-state index in [9.17, 15) is 4.79 Å². The molecule has 6 heteroatoms. The predicted molar refractivity (Wildman–Crippen MR) is 64.7 cm³/mol. The Morgan fingerprint density at radius 1 is 1.41 bits per heavy atom. The molecule has 17 heavy (non-hydrogen) atoms. The number of rotatable bonds is 5. The van der Waals surface area contributed by atoms with Crippen molar-refractivity contribution in [3.05, 3.63) is 18.2 Å². The Labute approximate surface area is 99.2 Å². The van der Waals surface area contributed by atoms with Gasteiger partial charge in [-0.1, -0.05) is 0 Å². The minimum absolute atomic E-state index is 0.144. The van der Waals surface area contributed by atoms with E-state index in [1.165, 1.54) is 7.11 Å². The number of ether oxygens (including phenoxy) is 2. The van der Waals surface area contributed by atoms with Crippen LogP contribution in [0.3, 0.4) is 0 Å². The van der Waals surface area contributed by atoms with Crippen molar-refractivity contribution in [2.24, 2.45) is 5.73 Å². The number of amidine groups is 1. The summed E-state index contributed by atoms with van der Waals surface area (Å²) in [7, 11) is 3.04. The van der Waals surface area contributed by atoms with Crippen LogP contribution >= 0.6 is 0 Å². The van der Waals surface area contributed by atoms with Gasteiger partial charge in [-0.05, 0) is 12.1 Å². The lowest BCUT2D eigenvalue weighted by molar-refractivity contribution is -0.115. The summed E-state index contributed by atoms with van der Waals surface area (Å²) < 4.78 is 10.1. The molecular weight excluding hydrogens is 222 g/mol. The summed E-state index contributed by atoms with van der Waals surface area (Å²) in [5, 5.41) is 9.62. The summed E-state index contributed by atoms with van der Waals surface area (Å²) in [5.74, 6) is 0.573. The van der Waals surface area contributed by atoms with Gasteiger partial charge in [0.05, 0.1) is 26.3 Å². The second kappa shape index (κ2) is 5.74. The smallest absolute Gasteiger partial charge is 0.232 e. The van der Waals surface area contributed by atoms with Crippen molar-refractivity contribution in [3.63, 3.8) is 0 Å². The van der Waals surface area contributed by atoms with Gasteiger partial charge in [0.2, 0.25) is 5.91 Å². The van der Waals surface area contributed by atoms with E-state index in [1.807, 2.05) is 0 Å². The Morgan fingerprint density at radius 3 is 2.65 bits per heavy atom. The summed E-state index contributed by atoms with van der Waals surface area (Å²) in [5.41, 5.74) is 5.65. The molecule has 1 rings (SSSR count). The van der Waals surface area contributed by atoms with Crippen molar-refractivity contribution in [2.75, 3.05) is 19.5 Å². The minimum atomic E-state index is -0.360. The lowest BCUT2D eigenvalue weighted by Crippen LogP contribution is -2.21. The number of amides is 1. The first-order valence-corrected chi connectivity index (χ1v) is 4.91. The van der Waals surface area contributed by atoms with E-state index in [-0.39, 0.29) is 18.2 Å². The number of anilines is 1. The first kappa shape index (κ1) is 12.8. The maximum absolute atomic E-state index is 11.4. The molecule has 0 unspecified atom stereocenters. The second-order valence-corrected chi connectivity index (χ2v) is 3.32. The maximum atomic E-state index is 11.4. The molecular formula is C11H15N3O3. The molecule has 0 aliphatic carbocycles. The fraction of sp³-hybridized carbons (Fsp3) is 0.273. The van der Waals surface area contributed by atoms with Crippen LogP contribution in [-0.2, 0) is 4.79 Å². The third kappa shape index (κ3) is 3.67. The van der Waals surface area contributed by atoms with Crippen LogP contribution in [-0.4, -0.2) is 26.0 Å². The zero-order chi connectivity index (χ0) is 12.8. The van der Waals surface area contributed by atoms with E-state index in [0.29, 0.717) is 17.2 Å². The van der Waals surface area contributed by atoms with Gasteiger partial charge in [-0.15, -0.1) is 0 Å². The summed E-state index contributed by atoms with van der Waals surface area (Å²) in [6.07, 6.45) is -0.144.